The number of nitrogens with one attached hydrogen (secondary N) is 1. The van der Waals surface area contributed by atoms with E-state index in [0.717, 1.165) is 29.7 Å². The minimum atomic E-state index is -0.218. The van der Waals surface area contributed by atoms with E-state index in [-0.39, 0.29) is 24.5 Å². The van der Waals surface area contributed by atoms with Gasteiger partial charge in [-0.15, -0.1) is 0 Å². The van der Waals surface area contributed by atoms with Crippen LogP contribution in [0.15, 0.2) is 42.7 Å². The molecule has 2 aromatic rings. The highest BCUT2D eigenvalue weighted by molar-refractivity contribution is 5.99. The molecule has 0 radical (unpaired) electrons. The van der Waals surface area contributed by atoms with Crippen LogP contribution in [0.1, 0.15) is 34.3 Å². The van der Waals surface area contributed by atoms with Gasteiger partial charge in [-0.3, -0.25) is 14.6 Å². The van der Waals surface area contributed by atoms with Gasteiger partial charge in [0.1, 0.15) is 6.54 Å². The average Bonchev–Trinajstić information content (AvgIpc) is 3.18. The molecule has 1 aliphatic rings. The molecule has 1 unspecified atom stereocenters. The maximum Gasteiger partial charge on any atom is 0.254 e. The molecule has 27 heavy (non-hydrogen) atoms. The van der Waals surface area contributed by atoms with Crippen LogP contribution < -0.4 is 5.32 Å². The van der Waals surface area contributed by atoms with Crippen molar-refractivity contribution in [3.05, 3.63) is 59.4 Å². The number of aromatic nitrogens is 1. The fourth-order valence-electron chi connectivity index (χ4n) is 3.18. The molecule has 0 aliphatic carbocycles. The van der Waals surface area contributed by atoms with Gasteiger partial charge in [-0.2, -0.15) is 0 Å². The lowest BCUT2D eigenvalue weighted by molar-refractivity contribution is -0.117. The number of anilines is 1. The zero-order valence-electron chi connectivity index (χ0n) is 15.8. The largest absolute Gasteiger partial charge is 0.376 e. The average molecular weight is 367 g/mol. The van der Waals surface area contributed by atoms with Crippen molar-refractivity contribution in [1.82, 2.24) is 9.88 Å². The van der Waals surface area contributed by atoms with Crippen molar-refractivity contribution in [3.8, 4) is 0 Å². The fourth-order valence-corrected chi connectivity index (χ4v) is 3.18. The van der Waals surface area contributed by atoms with Gasteiger partial charge in [-0.05, 0) is 56.0 Å². The Morgan fingerprint density at radius 2 is 2.00 bits per heavy atom. The summed E-state index contributed by atoms with van der Waals surface area (Å²) in [5, 5.41) is 2.93. The van der Waals surface area contributed by atoms with E-state index < -0.39 is 0 Å². The molecular formula is C21H25N3O3. The van der Waals surface area contributed by atoms with Crippen molar-refractivity contribution in [2.45, 2.75) is 32.8 Å². The second kappa shape index (κ2) is 8.77. The van der Waals surface area contributed by atoms with Crippen LogP contribution in [-0.2, 0) is 9.53 Å². The first-order chi connectivity index (χ1) is 13.0. The number of benzene rings is 1. The maximum atomic E-state index is 12.9. The van der Waals surface area contributed by atoms with Crippen LogP contribution in [0.3, 0.4) is 0 Å². The lowest BCUT2D eigenvalue weighted by Crippen LogP contribution is -2.42. The monoisotopic (exact) mass is 367 g/mol. The molecule has 1 atom stereocenters. The van der Waals surface area contributed by atoms with E-state index in [4.69, 9.17) is 4.74 Å². The summed E-state index contributed by atoms with van der Waals surface area (Å²) in [5.74, 6) is -0.409. The molecule has 1 aromatic heterocycles. The number of pyridine rings is 1. The van der Waals surface area contributed by atoms with Gasteiger partial charge in [-0.25, -0.2) is 0 Å². The number of nitrogens with zero attached hydrogens (tertiary/aromatic N) is 2. The van der Waals surface area contributed by atoms with E-state index >= 15 is 0 Å². The first-order valence-corrected chi connectivity index (χ1v) is 9.21. The zero-order chi connectivity index (χ0) is 19.2. The third kappa shape index (κ3) is 4.92. The van der Waals surface area contributed by atoms with Crippen LogP contribution in [0.25, 0.3) is 0 Å². The summed E-state index contributed by atoms with van der Waals surface area (Å²) < 4.78 is 5.67. The summed E-state index contributed by atoms with van der Waals surface area (Å²) in [7, 11) is 0. The van der Waals surface area contributed by atoms with Crippen molar-refractivity contribution < 1.29 is 14.3 Å². The van der Waals surface area contributed by atoms with Gasteiger partial charge in [-0.1, -0.05) is 12.1 Å². The fraction of sp³-hybridized carbons (Fsp3) is 0.381. The van der Waals surface area contributed by atoms with Crippen LogP contribution >= 0.6 is 0 Å². The summed E-state index contributed by atoms with van der Waals surface area (Å²) in [6.45, 7) is 5.06. The summed E-state index contributed by atoms with van der Waals surface area (Å²) >= 11 is 0. The zero-order valence-corrected chi connectivity index (χ0v) is 15.8. The van der Waals surface area contributed by atoms with Gasteiger partial charge >= 0.3 is 0 Å². The number of carbonyl (C=O) groups is 2. The third-order valence-electron chi connectivity index (χ3n) is 4.88. The van der Waals surface area contributed by atoms with Gasteiger partial charge in [0.25, 0.3) is 5.91 Å². The number of amides is 2. The number of hydrogen-bond donors (Lipinski definition) is 1. The Labute approximate surface area is 159 Å². The summed E-state index contributed by atoms with van der Waals surface area (Å²) in [5.41, 5.74) is 3.42. The SMILES string of the molecule is Cc1cccc(NC(=O)CN(CC2CCCO2)C(=O)c2ccncc2)c1C. The van der Waals surface area contributed by atoms with Crippen LogP contribution in [0.5, 0.6) is 0 Å². The van der Waals surface area contributed by atoms with Crippen LogP contribution in [-0.4, -0.2) is 47.5 Å². The molecule has 2 amide bonds. The molecule has 142 valence electrons. The van der Waals surface area contributed by atoms with Gasteiger partial charge in [0.15, 0.2) is 0 Å². The molecule has 1 aliphatic heterocycles. The smallest absolute Gasteiger partial charge is 0.254 e. The molecule has 2 heterocycles. The lowest BCUT2D eigenvalue weighted by Gasteiger charge is -2.25. The molecule has 0 spiro atoms. The Balaban J connectivity index is 1.72. The van der Waals surface area contributed by atoms with Crippen molar-refractivity contribution in [2.24, 2.45) is 0 Å². The number of carbonyl (C=O) groups excluding carboxylic acids is 2. The highest BCUT2D eigenvalue weighted by atomic mass is 16.5. The Morgan fingerprint density at radius 1 is 1.22 bits per heavy atom. The topological polar surface area (TPSA) is 71.5 Å². The van der Waals surface area contributed by atoms with Crippen molar-refractivity contribution in [1.29, 1.82) is 0 Å². The predicted octanol–water partition coefficient (Wildman–Crippen LogP) is 2.96. The number of ether oxygens (including phenoxy) is 1. The first kappa shape index (κ1) is 19.0. The molecule has 1 N–H and O–H groups in total. The molecular weight excluding hydrogens is 342 g/mol. The van der Waals surface area contributed by atoms with E-state index in [1.165, 1.54) is 0 Å². The van der Waals surface area contributed by atoms with Crippen LogP contribution in [0.2, 0.25) is 0 Å². The van der Waals surface area contributed by atoms with E-state index in [2.05, 4.69) is 10.3 Å². The van der Waals surface area contributed by atoms with Gasteiger partial charge in [0.2, 0.25) is 5.91 Å². The lowest BCUT2D eigenvalue weighted by atomic mass is 10.1. The normalized spacial score (nSPS) is 16.1. The quantitative estimate of drug-likeness (QED) is 0.852. The molecule has 1 aromatic carbocycles. The maximum absolute atomic E-state index is 12.9. The van der Waals surface area contributed by atoms with Crippen molar-refractivity contribution >= 4 is 17.5 Å². The number of rotatable bonds is 6. The summed E-state index contributed by atoms with van der Waals surface area (Å²) in [4.78, 5) is 31.1. The highest BCUT2D eigenvalue weighted by Gasteiger charge is 2.25. The van der Waals surface area contributed by atoms with E-state index in [1.807, 2.05) is 32.0 Å². The van der Waals surface area contributed by atoms with E-state index in [1.54, 1.807) is 29.4 Å². The highest BCUT2D eigenvalue weighted by Crippen LogP contribution is 2.19. The van der Waals surface area contributed by atoms with Crippen molar-refractivity contribution in [3.63, 3.8) is 0 Å². The standard InChI is InChI=1S/C21H25N3O3/c1-15-5-3-7-19(16(15)2)23-20(25)14-24(13-18-6-4-12-27-18)21(26)17-8-10-22-11-9-17/h3,5,7-11,18H,4,6,12-14H2,1-2H3,(H,23,25). The third-order valence-corrected chi connectivity index (χ3v) is 4.88. The molecule has 6 nitrogen and oxygen atoms in total. The molecule has 6 heteroatoms. The first-order valence-electron chi connectivity index (χ1n) is 9.21. The minimum Gasteiger partial charge on any atom is -0.376 e. The number of hydrogen-bond acceptors (Lipinski definition) is 4. The van der Waals surface area contributed by atoms with Crippen molar-refractivity contribution in [2.75, 3.05) is 25.0 Å². The van der Waals surface area contributed by atoms with E-state index in [0.29, 0.717) is 18.7 Å². The summed E-state index contributed by atoms with van der Waals surface area (Å²) in [6, 6.07) is 9.10. The molecule has 1 saturated heterocycles. The molecule has 3 rings (SSSR count). The van der Waals surface area contributed by atoms with Gasteiger partial charge in [0, 0.05) is 36.8 Å². The molecule has 0 bridgehead atoms. The molecule has 1 fully saturated rings. The second-order valence-corrected chi connectivity index (χ2v) is 6.85. The summed E-state index contributed by atoms with van der Waals surface area (Å²) in [6.07, 6.45) is 5.01. The second-order valence-electron chi connectivity index (χ2n) is 6.85. The molecule has 0 saturated carbocycles. The van der Waals surface area contributed by atoms with Gasteiger partial charge in [0.05, 0.1) is 6.10 Å². The minimum absolute atomic E-state index is 0.0194. The Kier molecular flexibility index (Phi) is 6.19. The van der Waals surface area contributed by atoms with Gasteiger partial charge < -0.3 is 15.0 Å². The number of aryl methyl sites for hydroxylation is 1. The Hall–Kier alpha value is -2.73. The van der Waals surface area contributed by atoms with Crippen LogP contribution in [0.4, 0.5) is 5.69 Å². The predicted molar refractivity (Wildman–Crippen MR) is 104 cm³/mol. The Morgan fingerprint density at radius 3 is 2.70 bits per heavy atom. The Bertz CT molecular complexity index is 802. The van der Waals surface area contributed by atoms with E-state index in [9.17, 15) is 9.59 Å². The van der Waals surface area contributed by atoms with Crippen LogP contribution in [0, 0.1) is 13.8 Å².